The molecule has 1 saturated heterocycles. The summed E-state index contributed by atoms with van der Waals surface area (Å²) in [5.74, 6) is -0.141. The van der Waals surface area contributed by atoms with Gasteiger partial charge >= 0.3 is 0 Å². The van der Waals surface area contributed by atoms with Crippen LogP contribution in [0.15, 0.2) is 0 Å². The number of hydrogen-bond donors (Lipinski definition) is 6. The number of nitrogens with one attached hydrogen (secondary N) is 1. The second-order valence-corrected chi connectivity index (χ2v) is 16.2. The molecule has 0 aromatic heterocycles. The molecule has 1 rings (SSSR count). The predicted octanol–water partition coefficient (Wildman–Crippen LogP) is 9.17. The summed E-state index contributed by atoms with van der Waals surface area (Å²) in [4.78, 5) is 13.0. The minimum absolute atomic E-state index is 0.132. The highest BCUT2D eigenvalue weighted by Gasteiger charge is 2.44. The van der Waals surface area contributed by atoms with Gasteiger partial charge in [0.15, 0.2) is 6.29 Å². The first-order valence-corrected chi connectivity index (χ1v) is 22.7. The van der Waals surface area contributed by atoms with Crippen LogP contribution in [0.25, 0.3) is 0 Å². The van der Waals surface area contributed by atoms with Crippen molar-refractivity contribution in [2.24, 2.45) is 0 Å². The lowest BCUT2D eigenvalue weighted by molar-refractivity contribution is -0.302. The van der Waals surface area contributed by atoms with Crippen LogP contribution >= 0.6 is 0 Å². The van der Waals surface area contributed by atoms with Gasteiger partial charge in [0.2, 0.25) is 5.91 Å². The van der Waals surface area contributed by atoms with E-state index in [4.69, 9.17) is 9.47 Å². The van der Waals surface area contributed by atoms with Gasteiger partial charge < -0.3 is 40.3 Å². The second kappa shape index (κ2) is 35.6. The van der Waals surface area contributed by atoms with Crippen LogP contribution in [-0.4, -0.2) is 87.5 Å². The highest BCUT2D eigenvalue weighted by atomic mass is 16.7. The molecular weight excluding hydrogens is 670 g/mol. The first kappa shape index (κ1) is 50.2. The van der Waals surface area contributed by atoms with Crippen LogP contribution in [0.1, 0.15) is 219 Å². The molecule has 1 aliphatic heterocycles. The van der Waals surface area contributed by atoms with Crippen molar-refractivity contribution in [3.63, 3.8) is 0 Å². The van der Waals surface area contributed by atoms with E-state index in [1.165, 1.54) is 154 Å². The number of carbonyl (C=O) groups is 1. The van der Waals surface area contributed by atoms with Gasteiger partial charge in [-0.3, -0.25) is 4.79 Å². The molecule has 1 aliphatic rings. The minimum Gasteiger partial charge on any atom is -0.394 e. The van der Waals surface area contributed by atoms with E-state index in [1.807, 2.05) is 0 Å². The monoisotopic (exact) mass is 758 g/mol. The van der Waals surface area contributed by atoms with E-state index in [2.05, 4.69) is 19.2 Å². The summed E-state index contributed by atoms with van der Waals surface area (Å²) in [6.45, 7) is 3.84. The summed E-state index contributed by atoms with van der Waals surface area (Å²) >= 11 is 0. The van der Waals surface area contributed by atoms with Gasteiger partial charge in [-0.2, -0.15) is 0 Å². The van der Waals surface area contributed by atoms with Crippen molar-refractivity contribution in [2.75, 3.05) is 13.2 Å². The SMILES string of the molecule is CCCCCCCCCCCCCCCCCCC(=O)N[C@@H](CO[C@H]1O[C@@H](CO)[C@H](O)C(O)C1O)[C@H](O)CCCCCCCCCCCCCCCC. The number of hydrogen-bond acceptors (Lipinski definition) is 8. The third kappa shape index (κ3) is 26.6. The zero-order valence-electron chi connectivity index (χ0n) is 34.5. The molecule has 1 fully saturated rings. The Balaban J connectivity index is 2.32. The van der Waals surface area contributed by atoms with Crippen molar-refractivity contribution in [1.29, 1.82) is 0 Å². The summed E-state index contributed by atoms with van der Waals surface area (Å²) in [5.41, 5.74) is 0. The van der Waals surface area contributed by atoms with Crippen LogP contribution in [0.2, 0.25) is 0 Å². The fourth-order valence-corrected chi connectivity index (χ4v) is 7.51. The van der Waals surface area contributed by atoms with Crippen molar-refractivity contribution in [1.82, 2.24) is 5.32 Å². The van der Waals surface area contributed by atoms with Gasteiger partial charge in [0, 0.05) is 6.42 Å². The molecule has 0 saturated carbocycles. The number of rotatable bonds is 38. The molecule has 316 valence electrons. The van der Waals surface area contributed by atoms with Crippen LogP contribution in [-0.2, 0) is 14.3 Å². The predicted molar refractivity (Wildman–Crippen MR) is 217 cm³/mol. The third-order valence-corrected chi connectivity index (χ3v) is 11.2. The Morgan fingerprint density at radius 1 is 0.566 bits per heavy atom. The zero-order chi connectivity index (χ0) is 38.8. The van der Waals surface area contributed by atoms with Crippen LogP contribution < -0.4 is 5.32 Å². The van der Waals surface area contributed by atoms with E-state index in [-0.39, 0.29) is 12.5 Å². The topological polar surface area (TPSA) is 149 Å². The average Bonchev–Trinajstić information content (AvgIpc) is 3.16. The van der Waals surface area contributed by atoms with E-state index in [0.29, 0.717) is 12.8 Å². The number of carbonyl (C=O) groups excluding carboxylic acids is 1. The zero-order valence-corrected chi connectivity index (χ0v) is 34.5. The number of unbranched alkanes of at least 4 members (excludes halogenated alkanes) is 28. The molecular formula is C44H87NO8. The Hall–Kier alpha value is -0.810. The van der Waals surface area contributed by atoms with Gasteiger partial charge in [0.1, 0.15) is 24.4 Å². The molecule has 1 heterocycles. The quantitative estimate of drug-likeness (QED) is 0.0342. The Morgan fingerprint density at radius 2 is 0.943 bits per heavy atom. The summed E-state index contributed by atoms with van der Waals surface area (Å²) < 4.78 is 11.2. The van der Waals surface area contributed by atoms with Gasteiger partial charge in [-0.25, -0.2) is 0 Å². The third-order valence-electron chi connectivity index (χ3n) is 11.2. The molecule has 6 N–H and O–H groups in total. The molecule has 53 heavy (non-hydrogen) atoms. The molecule has 7 atom stereocenters. The maximum atomic E-state index is 13.0. The number of aliphatic hydroxyl groups is 5. The first-order chi connectivity index (χ1) is 25.8. The van der Waals surface area contributed by atoms with Gasteiger partial charge in [-0.05, 0) is 12.8 Å². The number of amides is 1. The van der Waals surface area contributed by atoms with Crippen molar-refractivity contribution in [3.05, 3.63) is 0 Å². The summed E-state index contributed by atoms with van der Waals surface area (Å²) in [5, 5.41) is 54.3. The summed E-state index contributed by atoms with van der Waals surface area (Å²) in [6, 6.07) is -0.710. The van der Waals surface area contributed by atoms with Crippen LogP contribution in [0.3, 0.4) is 0 Å². The van der Waals surface area contributed by atoms with Gasteiger partial charge in [-0.15, -0.1) is 0 Å². The molecule has 0 aromatic carbocycles. The first-order valence-electron chi connectivity index (χ1n) is 22.7. The molecule has 0 aromatic rings. The van der Waals surface area contributed by atoms with Crippen LogP contribution in [0.4, 0.5) is 0 Å². The number of aliphatic hydroxyl groups excluding tert-OH is 5. The maximum absolute atomic E-state index is 13.0. The molecule has 9 nitrogen and oxygen atoms in total. The fourth-order valence-electron chi connectivity index (χ4n) is 7.51. The lowest BCUT2D eigenvalue weighted by atomic mass is 9.99. The Morgan fingerprint density at radius 3 is 1.34 bits per heavy atom. The molecule has 9 heteroatoms. The van der Waals surface area contributed by atoms with Crippen LogP contribution in [0, 0.1) is 0 Å². The normalized spacial score (nSPS) is 21.5. The lowest BCUT2D eigenvalue weighted by Crippen LogP contribution is -2.60. The average molecular weight is 758 g/mol. The van der Waals surface area contributed by atoms with Gasteiger partial charge in [-0.1, -0.05) is 200 Å². The summed E-state index contributed by atoms with van der Waals surface area (Å²) in [7, 11) is 0. The van der Waals surface area contributed by atoms with E-state index < -0.39 is 49.5 Å². The molecule has 0 radical (unpaired) electrons. The Labute approximate surface area is 325 Å². The van der Waals surface area contributed by atoms with E-state index >= 15 is 0 Å². The lowest BCUT2D eigenvalue weighted by Gasteiger charge is -2.40. The maximum Gasteiger partial charge on any atom is 0.220 e. The number of ether oxygens (including phenoxy) is 2. The van der Waals surface area contributed by atoms with E-state index in [1.54, 1.807) is 0 Å². The van der Waals surface area contributed by atoms with Gasteiger partial charge in [0.25, 0.3) is 0 Å². The summed E-state index contributed by atoms with van der Waals surface area (Å²) in [6.07, 6.45) is 31.0. The van der Waals surface area contributed by atoms with E-state index in [0.717, 1.165) is 38.5 Å². The van der Waals surface area contributed by atoms with Crippen molar-refractivity contribution in [2.45, 2.75) is 262 Å². The smallest absolute Gasteiger partial charge is 0.220 e. The highest BCUT2D eigenvalue weighted by molar-refractivity contribution is 5.76. The Bertz CT molecular complexity index is 801. The highest BCUT2D eigenvalue weighted by Crippen LogP contribution is 2.23. The fraction of sp³-hybridized carbons (Fsp3) is 0.977. The molecule has 0 bridgehead atoms. The van der Waals surface area contributed by atoms with Crippen molar-refractivity contribution < 1.29 is 39.8 Å². The molecule has 0 aliphatic carbocycles. The molecule has 2 unspecified atom stereocenters. The van der Waals surface area contributed by atoms with Crippen LogP contribution in [0.5, 0.6) is 0 Å². The standard InChI is InChI=1S/C44H87NO8/c1-3-5-7-9-11-13-15-17-19-20-22-24-26-28-30-32-34-40(48)45-37(36-52-44-43(51)42(50)41(49)39(35-46)53-44)38(47)33-31-29-27-25-23-21-18-16-14-12-10-8-6-4-2/h37-39,41-44,46-47,49-51H,3-36H2,1-2H3,(H,45,48)/t37-,38+,39-,41-,42?,43?,44-/m0/s1. The Kier molecular flexibility index (Phi) is 33.7. The minimum atomic E-state index is -1.55. The second-order valence-electron chi connectivity index (χ2n) is 16.2. The molecule has 1 amide bonds. The van der Waals surface area contributed by atoms with Gasteiger partial charge in [0.05, 0.1) is 25.4 Å². The molecule has 0 spiro atoms. The van der Waals surface area contributed by atoms with E-state index in [9.17, 15) is 30.3 Å². The van der Waals surface area contributed by atoms with Crippen molar-refractivity contribution in [3.8, 4) is 0 Å². The van der Waals surface area contributed by atoms with Crippen molar-refractivity contribution >= 4 is 5.91 Å². The largest absolute Gasteiger partial charge is 0.394 e.